The molecule has 5 rings (SSSR count). The van der Waals surface area contributed by atoms with Gasteiger partial charge in [0.25, 0.3) is 0 Å². The summed E-state index contributed by atoms with van der Waals surface area (Å²) < 4.78 is 71.8. The predicted molar refractivity (Wildman–Crippen MR) is 174 cm³/mol. The normalized spacial score (nSPS) is 15.0. The van der Waals surface area contributed by atoms with E-state index in [4.69, 9.17) is 5.10 Å². The standard InChI is InChI=1S/C34H38F3N5O4S/c1-23-9-15-27(16-10-23)42-31(22-30(40-42)33(2,3)4)39-32(43)38-26-13-11-24(12-14-26)21-25-17-19-41(20-18-25)47(44,45)29-8-6-5-7-28(29)46-34(35,36)37/h5-16,22,25H,17-21H2,1-4H3,(H2,38,39,43). The number of urea groups is 1. The summed E-state index contributed by atoms with van der Waals surface area (Å²) in [6.07, 6.45) is -3.21. The van der Waals surface area contributed by atoms with Crippen molar-refractivity contribution in [3.05, 3.63) is 95.7 Å². The van der Waals surface area contributed by atoms with E-state index in [1.165, 1.54) is 16.4 Å². The monoisotopic (exact) mass is 669 g/mol. The van der Waals surface area contributed by atoms with E-state index in [0.29, 0.717) is 30.8 Å². The lowest BCUT2D eigenvalue weighted by atomic mass is 9.91. The van der Waals surface area contributed by atoms with Crippen LogP contribution < -0.4 is 15.4 Å². The quantitative estimate of drug-likeness (QED) is 0.200. The second-order valence-electron chi connectivity index (χ2n) is 12.7. The van der Waals surface area contributed by atoms with Gasteiger partial charge in [-0.2, -0.15) is 9.40 Å². The maximum Gasteiger partial charge on any atom is 0.573 e. The topological polar surface area (TPSA) is 106 Å². The number of hydrogen-bond donors (Lipinski definition) is 2. The molecule has 0 saturated carbocycles. The average Bonchev–Trinajstić information content (AvgIpc) is 3.42. The highest BCUT2D eigenvalue weighted by molar-refractivity contribution is 7.89. The number of anilines is 2. The Morgan fingerprint density at radius 2 is 1.57 bits per heavy atom. The summed E-state index contributed by atoms with van der Waals surface area (Å²) in [5.74, 6) is -0.0158. The fourth-order valence-corrected chi connectivity index (χ4v) is 7.00. The highest BCUT2D eigenvalue weighted by Gasteiger charge is 2.36. The third-order valence-electron chi connectivity index (χ3n) is 8.00. The predicted octanol–water partition coefficient (Wildman–Crippen LogP) is 7.66. The molecule has 0 bridgehead atoms. The number of sulfonamides is 1. The van der Waals surface area contributed by atoms with Crippen LogP contribution in [0.3, 0.4) is 0 Å². The molecule has 0 radical (unpaired) electrons. The number of hydrogen-bond acceptors (Lipinski definition) is 5. The van der Waals surface area contributed by atoms with Crippen LogP contribution in [0.5, 0.6) is 5.75 Å². The molecule has 0 aliphatic carbocycles. The number of nitrogens with one attached hydrogen (secondary N) is 2. The van der Waals surface area contributed by atoms with Crippen molar-refractivity contribution in [2.24, 2.45) is 5.92 Å². The summed E-state index contributed by atoms with van der Waals surface area (Å²) in [5.41, 5.74) is 4.18. The lowest BCUT2D eigenvalue weighted by molar-refractivity contribution is -0.275. The van der Waals surface area contributed by atoms with Crippen LogP contribution in [0.4, 0.5) is 29.5 Å². The highest BCUT2D eigenvalue weighted by atomic mass is 32.2. The molecule has 47 heavy (non-hydrogen) atoms. The molecule has 1 saturated heterocycles. The largest absolute Gasteiger partial charge is 0.573 e. The summed E-state index contributed by atoms with van der Waals surface area (Å²) in [7, 11) is -4.17. The Balaban J connectivity index is 1.17. The number of alkyl halides is 3. The van der Waals surface area contributed by atoms with Gasteiger partial charge in [-0.25, -0.2) is 17.9 Å². The molecule has 1 aromatic heterocycles. The summed E-state index contributed by atoms with van der Waals surface area (Å²) in [5, 5.41) is 10.5. The fraction of sp³-hybridized carbons (Fsp3) is 0.353. The van der Waals surface area contributed by atoms with Crippen LogP contribution >= 0.6 is 0 Å². The summed E-state index contributed by atoms with van der Waals surface area (Å²) in [6.45, 7) is 8.55. The van der Waals surface area contributed by atoms with E-state index in [1.807, 2.05) is 61.5 Å². The van der Waals surface area contributed by atoms with Gasteiger partial charge in [0, 0.05) is 30.3 Å². The second kappa shape index (κ2) is 13.4. The Hall–Kier alpha value is -4.36. The van der Waals surface area contributed by atoms with Crippen LogP contribution in [0.25, 0.3) is 5.69 Å². The van der Waals surface area contributed by atoms with E-state index < -0.39 is 33.1 Å². The van der Waals surface area contributed by atoms with Gasteiger partial charge in [-0.15, -0.1) is 13.2 Å². The smallest absolute Gasteiger partial charge is 0.404 e. The van der Waals surface area contributed by atoms with Crippen molar-refractivity contribution in [1.29, 1.82) is 0 Å². The average molecular weight is 670 g/mol. The molecule has 0 atom stereocenters. The zero-order chi connectivity index (χ0) is 34.0. The molecule has 2 amide bonds. The van der Waals surface area contributed by atoms with Crippen molar-refractivity contribution < 1.29 is 31.1 Å². The van der Waals surface area contributed by atoms with Gasteiger partial charge in [-0.05, 0) is 74.1 Å². The van der Waals surface area contributed by atoms with E-state index in [9.17, 15) is 26.4 Å². The first-order chi connectivity index (χ1) is 22.1. The first kappa shape index (κ1) is 34.0. The highest BCUT2D eigenvalue weighted by Crippen LogP contribution is 2.34. The molecule has 1 aliphatic heterocycles. The summed E-state index contributed by atoms with van der Waals surface area (Å²) >= 11 is 0. The molecule has 0 spiro atoms. The minimum Gasteiger partial charge on any atom is -0.404 e. The number of amides is 2. The molecule has 2 heterocycles. The van der Waals surface area contributed by atoms with Crippen LogP contribution in [-0.2, 0) is 21.9 Å². The number of halogens is 3. The number of carbonyl (C=O) groups excluding carboxylic acids is 1. The molecule has 4 aromatic rings. The Bertz CT molecular complexity index is 1810. The molecule has 2 N–H and O–H groups in total. The van der Waals surface area contributed by atoms with Gasteiger partial charge in [0.1, 0.15) is 16.5 Å². The van der Waals surface area contributed by atoms with Gasteiger partial charge in [-0.1, -0.05) is 62.7 Å². The molecular formula is C34H38F3N5O4S. The zero-order valence-electron chi connectivity index (χ0n) is 26.6. The Morgan fingerprint density at radius 1 is 0.936 bits per heavy atom. The Labute approximate surface area is 272 Å². The van der Waals surface area contributed by atoms with E-state index in [-0.39, 0.29) is 24.4 Å². The molecule has 1 fully saturated rings. The minimum absolute atomic E-state index is 0.184. The molecule has 250 valence electrons. The van der Waals surface area contributed by atoms with Gasteiger partial charge in [0.2, 0.25) is 10.0 Å². The molecular weight excluding hydrogens is 631 g/mol. The fourth-order valence-electron chi connectivity index (χ4n) is 5.42. The number of carbonyl (C=O) groups is 1. The summed E-state index contributed by atoms with van der Waals surface area (Å²) in [4.78, 5) is 12.5. The first-order valence-corrected chi connectivity index (χ1v) is 16.7. The number of ether oxygens (including phenoxy) is 1. The van der Waals surface area contributed by atoms with Gasteiger partial charge < -0.3 is 10.1 Å². The van der Waals surface area contributed by atoms with Crippen LogP contribution in [0.15, 0.2) is 83.8 Å². The van der Waals surface area contributed by atoms with Crippen molar-refractivity contribution in [1.82, 2.24) is 14.1 Å². The first-order valence-electron chi connectivity index (χ1n) is 15.3. The van der Waals surface area contributed by atoms with E-state index >= 15 is 0 Å². The summed E-state index contributed by atoms with van der Waals surface area (Å²) in [6, 6.07) is 21.6. The van der Waals surface area contributed by atoms with Crippen LogP contribution in [-0.4, -0.2) is 48.0 Å². The van der Waals surface area contributed by atoms with E-state index in [0.717, 1.165) is 34.6 Å². The van der Waals surface area contributed by atoms with Crippen LogP contribution in [0.2, 0.25) is 0 Å². The lowest BCUT2D eigenvalue weighted by Crippen LogP contribution is -2.39. The maximum atomic E-state index is 13.2. The number of para-hydroxylation sites is 1. The second-order valence-corrected chi connectivity index (χ2v) is 14.6. The SMILES string of the molecule is Cc1ccc(-n2nc(C(C)(C)C)cc2NC(=O)Nc2ccc(CC3CCN(S(=O)(=O)c4ccccc4OC(F)(F)F)CC3)cc2)cc1. The number of nitrogens with zero attached hydrogens (tertiary/aromatic N) is 3. The van der Waals surface area contributed by atoms with E-state index in [2.05, 4.69) is 36.1 Å². The van der Waals surface area contributed by atoms with Crippen LogP contribution in [0, 0.1) is 12.8 Å². The Morgan fingerprint density at radius 3 is 2.19 bits per heavy atom. The van der Waals surface area contributed by atoms with Crippen molar-refractivity contribution >= 4 is 27.6 Å². The van der Waals surface area contributed by atoms with Crippen LogP contribution in [0.1, 0.15) is 50.4 Å². The van der Waals surface area contributed by atoms with E-state index in [1.54, 1.807) is 4.68 Å². The van der Waals surface area contributed by atoms with Crippen molar-refractivity contribution in [3.63, 3.8) is 0 Å². The molecule has 3 aromatic carbocycles. The molecule has 1 aliphatic rings. The third-order valence-corrected chi connectivity index (χ3v) is 9.94. The van der Waals surface area contributed by atoms with Crippen molar-refractivity contribution in [2.45, 2.75) is 63.6 Å². The van der Waals surface area contributed by atoms with Gasteiger partial charge in [-0.3, -0.25) is 5.32 Å². The van der Waals surface area contributed by atoms with Gasteiger partial charge in [0.15, 0.2) is 0 Å². The van der Waals surface area contributed by atoms with Crippen molar-refractivity contribution in [2.75, 3.05) is 23.7 Å². The molecule has 9 nitrogen and oxygen atoms in total. The number of aromatic nitrogens is 2. The lowest BCUT2D eigenvalue weighted by Gasteiger charge is -2.31. The van der Waals surface area contributed by atoms with Gasteiger partial charge in [0.05, 0.1) is 11.4 Å². The number of piperidine rings is 1. The molecule has 13 heteroatoms. The number of aryl methyl sites for hydroxylation is 1. The zero-order valence-corrected chi connectivity index (χ0v) is 27.5. The maximum absolute atomic E-state index is 13.2. The third kappa shape index (κ3) is 8.52. The minimum atomic E-state index is -5.00. The number of rotatable bonds is 8. The molecule has 0 unspecified atom stereocenters. The van der Waals surface area contributed by atoms with Gasteiger partial charge >= 0.3 is 12.4 Å². The van der Waals surface area contributed by atoms with Crippen molar-refractivity contribution in [3.8, 4) is 11.4 Å². The Kier molecular flexibility index (Phi) is 9.69. The number of benzene rings is 3.